The molecule has 158 valence electrons. The van der Waals surface area contributed by atoms with Gasteiger partial charge in [0, 0.05) is 31.0 Å². The minimum absolute atomic E-state index is 0.0790. The molecule has 29 heavy (non-hydrogen) atoms. The number of carbonyl (C=O) groups is 2. The summed E-state index contributed by atoms with van der Waals surface area (Å²) in [4.78, 5) is 23.1. The standard InChI is InChI=1S/C17H19NO9S2/c1-10-6-11-7-12(28(22,23)24)8-15(29(25,26)27)14(11)9-13(10)17(21)18(2)5-3-4-16(19)20/h6-9H,3-5H2,1-2H3,(H,19,20)(H,22,23,24)(H,25,26,27). The second kappa shape index (κ2) is 8.06. The lowest BCUT2D eigenvalue weighted by Crippen LogP contribution is -2.28. The first-order valence-corrected chi connectivity index (χ1v) is 11.1. The SMILES string of the molecule is Cc1cc2cc(S(=O)(=O)O)cc(S(=O)(=O)O)c2cc1C(=O)N(C)CCCC(=O)O. The van der Waals surface area contributed by atoms with Crippen molar-refractivity contribution in [2.75, 3.05) is 13.6 Å². The molecule has 0 unspecified atom stereocenters. The number of carboxylic acid groups (broad SMARTS) is 1. The quantitative estimate of drug-likeness (QED) is 0.536. The number of carbonyl (C=O) groups excluding carboxylic acids is 1. The van der Waals surface area contributed by atoms with Crippen molar-refractivity contribution < 1.29 is 40.6 Å². The summed E-state index contributed by atoms with van der Waals surface area (Å²) in [6.45, 7) is 1.69. The van der Waals surface area contributed by atoms with Crippen LogP contribution in [0.2, 0.25) is 0 Å². The van der Waals surface area contributed by atoms with Gasteiger partial charge in [-0.05, 0) is 42.5 Å². The fourth-order valence-corrected chi connectivity index (χ4v) is 4.18. The summed E-state index contributed by atoms with van der Waals surface area (Å²) >= 11 is 0. The van der Waals surface area contributed by atoms with Gasteiger partial charge in [0.15, 0.2) is 0 Å². The van der Waals surface area contributed by atoms with Crippen molar-refractivity contribution >= 4 is 42.9 Å². The smallest absolute Gasteiger partial charge is 0.303 e. The maximum atomic E-state index is 12.7. The molecule has 2 rings (SSSR count). The van der Waals surface area contributed by atoms with Crippen LogP contribution < -0.4 is 0 Å². The first-order chi connectivity index (χ1) is 13.2. The van der Waals surface area contributed by atoms with E-state index in [1.807, 2.05) is 0 Å². The van der Waals surface area contributed by atoms with E-state index < -0.39 is 41.9 Å². The van der Waals surface area contributed by atoms with E-state index in [0.717, 1.165) is 6.07 Å². The summed E-state index contributed by atoms with van der Waals surface area (Å²) in [6.07, 6.45) is 0.0951. The maximum absolute atomic E-state index is 12.7. The molecule has 0 aliphatic carbocycles. The van der Waals surface area contributed by atoms with Crippen LogP contribution in [0.1, 0.15) is 28.8 Å². The molecule has 0 aliphatic rings. The molecule has 0 heterocycles. The number of aliphatic carboxylic acids is 1. The van der Waals surface area contributed by atoms with Crippen LogP contribution in [-0.2, 0) is 25.0 Å². The summed E-state index contributed by atoms with van der Waals surface area (Å²) < 4.78 is 65.1. The molecule has 0 saturated heterocycles. The third-order valence-corrected chi connectivity index (χ3v) is 6.00. The third kappa shape index (κ3) is 5.29. The van der Waals surface area contributed by atoms with Crippen LogP contribution in [-0.4, -0.2) is 61.4 Å². The largest absolute Gasteiger partial charge is 0.481 e. The summed E-state index contributed by atoms with van der Waals surface area (Å²) in [5, 5.41) is 8.66. The Bertz CT molecular complexity index is 1200. The predicted octanol–water partition coefficient (Wildman–Crippen LogP) is 1.58. The van der Waals surface area contributed by atoms with Crippen LogP contribution in [0.5, 0.6) is 0 Å². The van der Waals surface area contributed by atoms with Crippen molar-refractivity contribution in [2.24, 2.45) is 0 Å². The van der Waals surface area contributed by atoms with Crippen molar-refractivity contribution in [1.29, 1.82) is 0 Å². The molecule has 0 radical (unpaired) electrons. The van der Waals surface area contributed by atoms with Gasteiger partial charge in [0.2, 0.25) is 0 Å². The van der Waals surface area contributed by atoms with E-state index in [9.17, 15) is 35.5 Å². The second-order valence-electron chi connectivity index (χ2n) is 6.48. The molecule has 2 aromatic carbocycles. The van der Waals surface area contributed by atoms with Crippen molar-refractivity contribution in [2.45, 2.75) is 29.6 Å². The number of carboxylic acids is 1. The van der Waals surface area contributed by atoms with Crippen LogP contribution >= 0.6 is 0 Å². The topological polar surface area (TPSA) is 166 Å². The lowest BCUT2D eigenvalue weighted by Gasteiger charge is -2.19. The van der Waals surface area contributed by atoms with Crippen LogP contribution in [0.3, 0.4) is 0 Å². The maximum Gasteiger partial charge on any atom is 0.303 e. The normalized spacial score (nSPS) is 12.1. The van der Waals surface area contributed by atoms with Crippen LogP contribution in [0.4, 0.5) is 0 Å². The molecule has 2 aromatic rings. The zero-order valence-corrected chi connectivity index (χ0v) is 17.1. The van der Waals surface area contributed by atoms with Gasteiger partial charge in [-0.1, -0.05) is 6.07 Å². The van der Waals surface area contributed by atoms with Crippen molar-refractivity contribution in [1.82, 2.24) is 4.90 Å². The van der Waals surface area contributed by atoms with Gasteiger partial charge in [0.05, 0.1) is 4.90 Å². The Hall–Kier alpha value is -2.54. The fourth-order valence-electron chi connectivity index (χ4n) is 2.83. The van der Waals surface area contributed by atoms with Gasteiger partial charge in [-0.15, -0.1) is 0 Å². The van der Waals surface area contributed by atoms with E-state index in [4.69, 9.17) is 5.11 Å². The highest BCUT2D eigenvalue weighted by molar-refractivity contribution is 7.86. The van der Waals surface area contributed by atoms with E-state index >= 15 is 0 Å². The lowest BCUT2D eigenvalue weighted by atomic mass is 10.0. The molecule has 1 amide bonds. The average Bonchev–Trinajstić information content (AvgIpc) is 2.57. The number of benzene rings is 2. The molecule has 0 bridgehead atoms. The second-order valence-corrected chi connectivity index (χ2v) is 9.30. The molecular formula is C17H19NO9S2. The Morgan fingerprint density at radius 1 is 1.00 bits per heavy atom. The van der Waals surface area contributed by atoms with Gasteiger partial charge in [-0.25, -0.2) is 0 Å². The Kier molecular flexibility index (Phi) is 6.33. The zero-order chi connectivity index (χ0) is 22.1. The van der Waals surface area contributed by atoms with Crippen molar-refractivity contribution in [3.63, 3.8) is 0 Å². The Balaban J connectivity index is 2.62. The van der Waals surface area contributed by atoms with Gasteiger partial charge in [0.25, 0.3) is 26.1 Å². The molecule has 0 spiro atoms. The first-order valence-electron chi connectivity index (χ1n) is 8.22. The highest BCUT2D eigenvalue weighted by Crippen LogP contribution is 2.30. The van der Waals surface area contributed by atoms with Crippen molar-refractivity contribution in [3.05, 3.63) is 35.4 Å². The van der Waals surface area contributed by atoms with Crippen molar-refractivity contribution in [3.8, 4) is 0 Å². The van der Waals surface area contributed by atoms with E-state index in [-0.39, 0.29) is 35.7 Å². The highest BCUT2D eigenvalue weighted by Gasteiger charge is 2.23. The van der Waals surface area contributed by atoms with E-state index in [1.165, 1.54) is 24.1 Å². The summed E-state index contributed by atoms with van der Waals surface area (Å²) in [5.41, 5.74) is 0.487. The van der Waals surface area contributed by atoms with Crippen LogP contribution in [0.25, 0.3) is 10.8 Å². The summed E-state index contributed by atoms with van der Waals surface area (Å²) in [6, 6.07) is 4.19. The van der Waals surface area contributed by atoms with Gasteiger partial charge in [-0.2, -0.15) is 16.8 Å². The molecule has 10 nitrogen and oxygen atoms in total. The average molecular weight is 445 g/mol. The number of hydrogen-bond donors (Lipinski definition) is 3. The van der Waals surface area contributed by atoms with Gasteiger partial charge < -0.3 is 10.0 Å². The Morgan fingerprint density at radius 3 is 2.14 bits per heavy atom. The molecule has 0 saturated carbocycles. The molecule has 0 aromatic heterocycles. The monoisotopic (exact) mass is 445 g/mol. The zero-order valence-electron chi connectivity index (χ0n) is 15.5. The van der Waals surface area contributed by atoms with E-state index in [0.29, 0.717) is 11.6 Å². The fraction of sp³-hybridized carbons (Fsp3) is 0.294. The Labute approximate surface area is 167 Å². The lowest BCUT2D eigenvalue weighted by molar-refractivity contribution is -0.137. The number of hydrogen-bond acceptors (Lipinski definition) is 6. The number of nitrogens with zero attached hydrogens (tertiary/aromatic N) is 1. The van der Waals surface area contributed by atoms with Crippen LogP contribution in [0, 0.1) is 6.92 Å². The molecular weight excluding hydrogens is 426 g/mol. The first kappa shape index (κ1) is 22.7. The van der Waals surface area contributed by atoms with Gasteiger partial charge in [0.1, 0.15) is 4.90 Å². The molecule has 0 fully saturated rings. The van der Waals surface area contributed by atoms with Gasteiger partial charge >= 0.3 is 5.97 Å². The number of aryl methyl sites for hydroxylation is 1. The molecule has 12 heteroatoms. The predicted molar refractivity (Wildman–Crippen MR) is 102 cm³/mol. The summed E-state index contributed by atoms with van der Waals surface area (Å²) in [5.74, 6) is -1.50. The molecule has 0 atom stereocenters. The Morgan fingerprint density at radius 2 is 1.62 bits per heavy atom. The van der Waals surface area contributed by atoms with E-state index in [1.54, 1.807) is 6.92 Å². The highest BCUT2D eigenvalue weighted by atomic mass is 32.2. The number of fused-ring (bicyclic) bond motifs is 1. The third-order valence-electron chi connectivity index (χ3n) is 4.27. The van der Waals surface area contributed by atoms with Gasteiger partial charge in [-0.3, -0.25) is 18.7 Å². The van der Waals surface area contributed by atoms with Crippen LogP contribution in [0.15, 0.2) is 34.1 Å². The minimum Gasteiger partial charge on any atom is -0.481 e. The summed E-state index contributed by atoms with van der Waals surface area (Å²) in [7, 11) is -8.17. The number of rotatable bonds is 7. The molecule has 3 N–H and O–H groups in total. The van der Waals surface area contributed by atoms with E-state index in [2.05, 4.69) is 0 Å². The minimum atomic E-state index is -4.88. The molecule has 0 aliphatic heterocycles. The number of amides is 1.